The molecule has 4 rings (SSSR count). The molecule has 2 aromatic rings. The molecule has 0 bridgehead atoms. The number of halogens is 1. The highest BCUT2D eigenvalue weighted by atomic mass is 35.5. The van der Waals surface area contributed by atoms with Crippen LogP contribution in [0.5, 0.6) is 0 Å². The van der Waals surface area contributed by atoms with Crippen LogP contribution in [0.2, 0.25) is 5.02 Å². The maximum Gasteiger partial charge on any atom is 0.240 e. The number of nitrogens with zero attached hydrogens (tertiary/aromatic N) is 2. The first kappa shape index (κ1) is 22.5. The van der Waals surface area contributed by atoms with Gasteiger partial charge in [0.05, 0.1) is 18.1 Å². The number of hydrogen-bond donors (Lipinski definition) is 0. The zero-order valence-corrected chi connectivity index (χ0v) is 18.9. The van der Waals surface area contributed by atoms with Gasteiger partial charge in [-0.15, -0.1) is 0 Å². The lowest BCUT2D eigenvalue weighted by Gasteiger charge is -2.35. The summed E-state index contributed by atoms with van der Waals surface area (Å²) in [5.41, 5.74) is 0.359. The molecule has 32 heavy (non-hydrogen) atoms. The molecule has 0 saturated carbocycles. The van der Waals surface area contributed by atoms with Gasteiger partial charge in [-0.25, -0.2) is 0 Å². The Morgan fingerprint density at radius 3 is 2.53 bits per heavy atom. The van der Waals surface area contributed by atoms with Crippen molar-refractivity contribution in [3.63, 3.8) is 0 Å². The number of likely N-dealkylation sites (N-methyl/N-ethyl adjacent to an activating group) is 1. The highest BCUT2D eigenvalue weighted by Gasteiger charge is 2.53. The standard InChI is InChI=1S/C25H27ClN2O4/c1-27-22(29)14-25(24(27)31,20-11-5-6-12-21(20)26)15-23(30)28-13-7-10-19(16-28)32-17-18-8-3-2-4-9-18/h2-6,8-9,11-12,19H,7,10,13-17H2,1H3. The van der Waals surface area contributed by atoms with Gasteiger partial charge in [0.2, 0.25) is 17.7 Å². The van der Waals surface area contributed by atoms with Crippen molar-refractivity contribution in [2.24, 2.45) is 0 Å². The average Bonchev–Trinajstić information content (AvgIpc) is 3.03. The van der Waals surface area contributed by atoms with Crippen molar-refractivity contribution in [2.75, 3.05) is 20.1 Å². The van der Waals surface area contributed by atoms with Gasteiger partial charge in [-0.05, 0) is 30.0 Å². The summed E-state index contributed by atoms with van der Waals surface area (Å²) in [4.78, 5) is 41.9. The number of benzene rings is 2. The van der Waals surface area contributed by atoms with E-state index in [9.17, 15) is 14.4 Å². The lowest BCUT2D eigenvalue weighted by Crippen LogP contribution is -2.47. The molecule has 2 aliphatic rings. The molecule has 2 heterocycles. The van der Waals surface area contributed by atoms with Crippen molar-refractivity contribution in [3.8, 4) is 0 Å². The predicted molar refractivity (Wildman–Crippen MR) is 121 cm³/mol. The zero-order valence-electron chi connectivity index (χ0n) is 18.1. The molecule has 7 heteroatoms. The summed E-state index contributed by atoms with van der Waals surface area (Å²) in [6.07, 6.45) is 1.51. The Hall–Kier alpha value is -2.70. The van der Waals surface area contributed by atoms with Crippen molar-refractivity contribution < 1.29 is 19.1 Å². The van der Waals surface area contributed by atoms with Crippen LogP contribution in [-0.2, 0) is 31.1 Å². The monoisotopic (exact) mass is 454 g/mol. The third-order valence-corrected chi connectivity index (χ3v) is 6.77. The molecular weight excluding hydrogens is 428 g/mol. The van der Waals surface area contributed by atoms with E-state index in [1.54, 1.807) is 29.2 Å². The largest absolute Gasteiger partial charge is 0.372 e. The van der Waals surface area contributed by atoms with Crippen molar-refractivity contribution >= 4 is 29.3 Å². The van der Waals surface area contributed by atoms with Crippen LogP contribution in [0.3, 0.4) is 0 Å². The van der Waals surface area contributed by atoms with Gasteiger partial charge in [-0.2, -0.15) is 0 Å². The quantitative estimate of drug-likeness (QED) is 0.626. The van der Waals surface area contributed by atoms with Gasteiger partial charge < -0.3 is 9.64 Å². The molecule has 2 aliphatic heterocycles. The molecule has 0 aliphatic carbocycles. The van der Waals surface area contributed by atoms with Gasteiger partial charge in [0.15, 0.2) is 0 Å². The fraction of sp³-hybridized carbons (Fsp3) is 0.400. The molecule has 3 amide bonds. The number of piperidine rings is 1. The molecule has 2 aromatic carbocycles. The number of rotatable bonds is 6. The van der Waals surface area contributed by atoms with Crippen LogP contribution >= 0.6 is 11.6 Å². The van der Waals surface area contributed by atoms with Crippen LogP contribution in [-0.4, -0.2) is 53.8 Å². The maximum atomic E-state index is 13.4. The minimum Gasteiger partial charge on any atom is -0.372 e. The van der Waals surface area contributed by atoms with Crippen LogP contribution in [0.4, 0.5) is 0 Å². The summed E-state index contributed by atoms with van der Waals surface area (Å²) in [6, 6.07) is 16.9. The molecule has 0 spiro atoms. The van der Waals surface area contributed by atoms with Gasteiger partial charge in [0.25, 0.3) is 0 Å². The van der Waals surface area contributed by atoms with E-state index in [1.807, 2.05) is 30.3 Å². The number of hydrogen-bond acceptors (Lipinski definition) is 4. The summed E-state index contributed by atoms with van der Waals surface area (Å²) in [6.45, 7) is 1.58. The maximum absolute atomic E-state index is 13.4. The molecule has 0 N–H and O–H groups in total. The molecule has 2 atom stereocenters. The summed E-state index contributed by atoms with van der Waals surface area (Å²) in [5, 5.41) is 0.388. The van der Waals surface area contributed by atoms with Gasteiger partial charge in [0.1, 0.15) is 0 Å². The first-order valence-electron chi connectivity index (χ1n) is 10.9. The van der Waals surface area contributed by atoms with Crippen molar-refractivity contribution in [3.05, 3.63) is 70.7 Å². The first-order chi connectivity index (χ1) is 15.4. The molecule has 168 valence electrons. The Balaban J connectivity index is 1.49. The van der Waals surface area contributed by atoms with Crippen LogP contribution in [0.25, 0.3) is 0 Å². The third kappa shape index (κ3) is 4.43. The normalized spacial score (nSPS) is 23.6. The van der Waals surface area contributed by atoms with E-state index in [4.69, 9.17) is 16.3 Å². The fourth-order valence-corrected chi connectivity index (χ4v) is 4.96. The zero-order chi connectivity index (χ0) is 22.7. The van der Waals surface area contributed by atoms with E-state index in [-0.39, 0.29) is 36.7 Å². The Kier molecular flexibility index (Phi) is 6.63. The summed E-state index contributed by atoms with van der Waals surface area (Å²) in [7, 11) is 1.46. The van der Waals surface area contributed by atoms with Gasteiger partial charge in [-0.1, -0.05) is 60.1 Å². The van der Waals surface area contributed by atoms with Crippen molar-refractivity contribution in [1.29, 1.82) is 0 Å². The van der Waals surface area contributed by atoms with E-state index in [0.717, 1.165) is 23.3 Å². The van der Waals surface area contributed by atoms with Crippen LogP contribution in [0, 0.1) is 0 Å². The van der Waals surface area contributed by atoms with Crippen LogP contribution in [0.15, 0.2) is 54.6 Å². The highest BCUT2D eigenvalue weighted by Crippen LogP contribution is 2.42. The second kappa shape index (κ2) is 9.43. The molecule has 0 radical (unpaired) electrons. The fourth-order valence-electron chi connectivity index (χ4n) is 4.64. The highest BCUT2D eigenvalue weighted by molar-refractivity contribution is 6.32. The molecule has 2 fully saturated rings. The van der Waals surface area contributed by atoms with Crippen LogP contribution in [0.1, 0.15) is 36.8 Å². The predicted octanol–water partition coefficient (Wildman–Crippen LogP) is 3.56. The second-order valence-corrected chi connectivity index (χ2v) is 8.98. The number of likely N-dealkylation sites (tertiary alicyclic amines) is 2. The number of ether oxygens (including phenoxy) is 1. The van der Waals surface area contributed by atoms with Gasteiger partial charge >= 0.3 is 0 Å². The van der Waals surface area contributed by atoms with Crippen LogP contribution < -0.4 is 0 Å². The Labute approximate surface area is 193 Å². The Morgan fingerprint density at radius 1 is 1.12 bits per heavy atom. The number of amides is 3. The van der Waals surface area contributed by atoms with E-state index >= 15 is 0 Å². The second-order valence-electron chi connectivity index (χ2n) is 8.57. The van der Waals surface area contributed by atoms with E-state index in [2.05, 4.69) is 0 Å². The lowest BCUT2D eigenvalue weighted by molar-refractivity contribution is -0.143. The minimum atomic E-state index is -1.26. The van der Waals surface area contributed by atoms with Gasteiger partial charge in [0, 0.05) is 38.0 Å². The Bertz CT molecular complexity index is 1010. The number of carbonyl (C=O) groups excluding carboxylic acids is 3. The smallest absolute Gasteiger partial charge is 0.240 e. The first-order valence-corrected chi connectivity index (χ1v) is 11.3. The molecular formula is C25H27ClN2O4. The summed E-state index contributed by atoms with van der Waals surface area (Å²) >= 11 is 6.42. The number of imide groups is 1. The summed E-state index contributed by atoms with van der Waals surface area (Å²) in [5.74, 6) is -0.836. The molecule has 6 nitrogen and oxygen atoms in total. The third-order valence-electron chi connectivity index (χ3n) is 6.44. The number of carbonyl (C=O) groups is 3. The van der Waals surface area contributed by atoms with E-state index < -0.39 is 5.41 Å². The molecule has 0 aromatic heterocycles. The average molecular weight is 455 g/mol. The van der Waals surface area contributed by atoms with Crippen molar-refractivity contribution in [2.45, 2.75) is 43.8 Å². The van der Waals surface area contributed by atoms with E-state index in [0.29, 0.717) is 30.3 Å². The lowest BCUT2D eigenvalue weighted by atomic mass is 9.75. The molecule has 2 saturated heterocycles. The topological polar surface area (TPSA) is 66.9 Å². The Morgan fingerprint density at radius 2 is 1.84 bits per heavy atom. The van der Waals surface area contributed by atoms with Gasteiger partial charge in [-0.3, -0.25) is 19.3 Å². The minimum absolute atomic E-state index is 0.0560. The van der Waals surface area contributed by atoms with E-state index in [1.165, 1.54) is 7.05 Å². The molecule has 2 unspecified atom stereocenters. The van der Waals surface area contributed by atoms with Crippen molar-refractivity contribution in [1.82, 2.24) is 9.80 Å². The SMILES string of the molecule is CN1C(=O)CC(CC(=O)N2CCCC(OCc3ccccc3)C2)(c2ccccc2Cl)C1=O. The summed E-state index contributed by atoms with van der Waals surface area (Å²) < 4.78 is 6.06.